The van der Waals surface area contributed by atoms with Gasteiger partial charge in [-0.2, -0.15) is 0 Å². The third kappa shape index (κ3) is 3.53. The predicted molar refractivity (Wildman–Crippen MR) is 55.8 cm³/mol. The van der Waals surface area contributed by atoms with Gasteiger partial charge in [-0.1, -0.05) is 6.92 Å². The third-order valence-electron chi connectivity index (χ3n) is 1.92. The lowest BCUT2D eigenvalue weighted by Gasteiger charge is -2.08. The van der Waals surface area contributed by atoms with Gasteiger partial charge in [0.25, 0.3) is 0 Å². The van der Waals surface area contributed by atoms with Gasteiger partial charge < -0.3 is 11.1 Å². The van der Waals surface area contributed by atoms with Crippen LogP contribution in [0.25, 0.3) is 0 Å². The summed E-state index contributed by atoms with van der Waals surface area (Å²) >= 11 is 0. The average molecular weight is 193 g/mol. The molecule has 1 heterocycles. The summed E-state index contributed by atoms with van der Waals surface area (Å²) in [4.78, 5) is 15.3. The first-order valence-corrected chi connectivity index (χ1v) is 4.68. The monoisotopic (exact) mass is 193 g/mol. The number of rotatable bonds is 4. The summed E-state index contributed by atoms with van der Waals surface area (Å²) in [5.41, 5.74) is 6.36. The normalized spacial score (nSPS) is 12.1. The molecule has 0 radical (unpaired) electrons. The van der Waals surface area contributed by atoms with E-state index in [9.17, 15) is 4.79 Å². The van der Waals surface area contributed by atoms with E-state index in [1.54, 1.807) is 24.5 Å². The van der Waals surface area contributed by atoms with E-state index in [0.717, 1.165) is 6.42 Å². The Morgan fingerprint density at radius 3 is 3.07 bits per heavy atom. The SMILES string of the molecule is CCC(N)CC(=O)Nc1cccnc1. The Kier molecular flexibility index (Phi) is 4.07. The Bertz CT molecular complexity index is 287. The van der Waals surface area contributed by atoms with Gasteiger partial charge in [0.1, 0.15) is 0 Å². The van der Waals surface area contributed by atoms with Crippen LogP contribution >= 0.6 is 0 Å². The minimum Gasteiger partial charge on any atom is -0.327 e. The molecule has 1 aromatic rings. The molecule has 1 atom stereocenters. The lowest BCUT2D eigenvalue weighted by atomic mass is 10.1. The zero-order chi connectivity index (χ0) is 10.4. The second-order valence-electron chi connectivity index (χ2n) is 3.16. The van der Waals surface area contributed by atoms with Crippen LogP contribution in [0.15, 0.2) is 24.5 Å². The Labute approximate surface area is 83.5 Å². The molecule has 0 aliphatic rings. The molecule has 0 aliphatic carbocycles. The van der Waals surface area contributed by atoms with Gasteiger partial charge in [-0.25, -0.2) is 0 Å². The highest BCUT2D eigenvalue weighted by molar-refractivity contribution is 5.90. The lowest BCUT2D eigenvalue weighted by Crippen LogP contribution is -2.26. The molecule has 1 amide bonds. The topological polar surface area (TPSA) is 68.0 Å². The maximum Gasteiger partial charge on any atom is 0.225 e. The van der Waals surface area contributed by atoms with Crippen molar-refractivity contribution in [2.45, 2.75) is 25.8 Å². The molecule has 1 rings (SSSR count). The highest BCUT2D eigenvalue weighted by Gasteiger charge is 2.07. The Balaban J connectivity index is 2.42. The molecular formula is C10H15N3O. The van der Waals surface area contributed by atoms with Crippen LogP contribution in [0.3, 0.4) is 0 Å². The first kappa shape index (κ1) is 10.7. The number of amides is 1. The van der Waals surface area contributed by atoms with Gasteiger partial charge in [-0.15, -0.1) is 0 Å². The second kappa shape index (κ2) is 5.34. The first-order chi connectivity index (χ1) is 6.72. The fraction of sp³-hybridized carbons (Fsp3) is 0.400. The van der Waals surface area contributed by atoms with Crippen molar-refractivity contribution in [1.82, 2.24) is 4.98 Å². The molecule has 0 saturated heterocycles. The van der Waals surface area contributed by atoms with Crippen LogP contribution in [0.2, 0.25) is 0 Å². The minimum atomic E-state index is -0.0633. The van der Waals surface area contributed by atoms with Gasteiger partial charge in [0.15, 0.2) is 0 Å². The van der Waals surface area contributed by atoms with Gasteiger partial charge in [0.2, 0.25) is 5.91 Å². The molecule has 0 bridgehead atoms. The molecule has 0 spiro atoms. The highest BCUT2D eigenvalue weighted by atomic mass is 16.1. The van der Waals surface area contributed by atoms with Crippen molar-refractivity contribution in [3.05, 3.63) is 24.5 Å². The number of hydrogen-bond acceptors (Lipinski definition) is 3. The number of nitrogens with one attached hydrogen (secondary N) is 1. The van der Waals surface area contributed by atoms with Crippen LogP contribution in [0.5, 0.6) is 0 Å². The third-order valence-corrected chi connectivity index (χ3v) is 1.92. The Morgan fingerprint density at radius 2 is 2.50 bits per heavy atom. The number of nitrogens with two attached hydrogens (primary N) is 1. The first-order valence-electron chi connectivity index (χ1n) is 4.68. The fourth-order valence-corrected chi connectivity index (χ4v) is 1.03. The number of pyridine rings is 1. The van der Waals surface area contributed by atoms with Crippen molar-refractivity contribution in [2.24, 2.45) is 5.73 Å². The maximum absolute atomic E-state index is 11.4. The molecule has 4 nitrogen and oxygen atoms in total. The van der Waals surface area contributed by atoms with E-state index >= 15 is 0 Å². The molecule has 3 N–H and O–H groups in total. The van der Waals surface area contributed by atoms with Crippen molar-refractivity contribution < 1.29 is 4.79 Å². The van der Waals surface area contributed by atoms with E-state index < -0.39 is 0 Å². The molecule has 0 aliphatic heterocycles. The van der Waals surface area contributed by atoms with E-state index in [2.05, 4.69) is 10.3 Å². The van der Waals surface area contributed by atoms with Gasteiger partial charge >= 0.3 is 0 Å². The van der Waals surface area contributed by atoms with Gasteiger partial charge in [-0.05, 0) is 18.6 Å². The molecule has 4 heteroatoms. The quantitative estimate of drug-likeness (QED) is 0.753. The average Bonchev–Trinajstić information content (AvgIpc) is 2.19. The summed E-state index contributed by atoms with van der Waals surface area (Å²) in [5.74, 6) is -0.0626. The number of carbonyl (C=O) groups is 1. The predicted octanol–water partition coefficient (Wildman–Crippen LogP) is 1.15. The van der Waals surface area contributed by atoms with Crippen molar-refractivity contribution in [3.63, 3.8) is 0 Å². The lowest BCUT2D eigenvalue weighted by molar-refractivity contribution is -0.116. The molecule has 0 fully saturated rings. The zero-order valence-electron chi connectivity index (χ0n) is 8.23. The summed E-state index contributed by atoms with van der Waals surface area (Å²) in [6.07, 6.45) is 4.43. The largest absolute Gasteiger partial charge is 0.327 e. The van der Waals surface area contributed by atoms with Crippen LogP contribution in [-0.2, 0) is 4.79 Å². The van der Waals surface area contributed by atoms with Crippen molar-refractivity contribution in [3.8, 4) is 0 Å². The Hall–Kier alpha value is -1.42. The van der Waals surface area contributed by atoms with Crippen LogP contribution in [0, 0.1) is 0 Å². The molecule has 1 aromatic heterocycles. The highest BCUT2D eigenvalue weighted by Crippen LogP contribution is 2.04. The number of aromatic nitrogens is 1. The standard InChI is InChI=1S/C10H15N3O/c1-2-8(11)6-10(14)13-9-4-3-5-12-7-9/h3-5,7-8H,2,6,11H2,1H3,(H,13,14). The molecular weight excluding hydrogens is 178 g/mol. The van der Waals surface area contributed by atoms with E-state index in [-0.39, 0.29) is 11.9 Å². The second-order valence-corrected chi connectivity index (χ2v) is 3.16. The van der Waals surface area contributed by atoms with Crippen LogP contribution < -0.4 is 11.1 Å². The number of nitrogens with zero attached hydrogens (tertiary/aromatic N) is 1. The van der Waals surface area contributed by atoms with Gasteiger partial charge in [0.05, 0.1) is 11.9 Å². The van der Waals surface area contributed by atoms with E-state index in [4.69, 9.17) is 5.73 Å². The smallest absolute Gasteiger partial charge is 0.225 e. The fourth-order valence-electron chi connectivity index (χ4n) is 1.03. The van der Waals surface area contributed by atoms with Crippen molar-refractivity contribution in [2.75, 3.05) is 5.32 Å². The van der Waals surface area contributed by atoms with Crippen LogP contribution in [0.4, 0.5) is 5.69 Å². The van der Waals surface area contributed by atoms with E-state index in [1.807, 2.05) is 6.92 Å². The zero-order valence-corrected chi connectivity index (χ0v) is 8.23. The molecule has 0 aromatic carbocycles. The number of carbonyl (C=O) groups excluding carboxylic acids is 1. The van der Waals surface area contributed by atoms with Crippen LogP contribution in [0.1, 0.15) is 19.8 Å². The van der Waals surface area contributed by atoms with Gasteiger partial charge in [0, 0.05) is 18.7 Å². The van der Waals surface area contributed by atoms with E-state index in [0.29, 0.717) is 12.1 Å². The van der Waals surface area contributed by atoms with Crippen molar-refractivity contribution in [1.29, 1.82) is 0 Å². The summed E-state index contributed by atoms with van der Waals surface area (Å²) in [5, 5.41) is 2.73. The Morgan fingerprint density at radius 1 is 1.71 bits per heavy atom. The van der Waals surface area contributed by atoms with E-state index in [1.165, 1.54) is 0 Å². The molecule has 0 saturated carbocycles. The number of anilines is 1. The van der Waals surface area contributed by atoms with Crippen molar-refractivity contribution >= 4 is 11.6 Å². The maximum atomic E-state index is 11.4. The number of hydrogen-bond donors (Lipinski definition) is 2. The summed E-state index contributed by atoms with van der Waals surface area (Å²) in [7, 11) is 0. The summed E-state index contributed by atoms with van der Waals surface area (Å²) < 4.78 is 0. The summed E-state index contributed by atoms with van der Waals surface area (Å²) in [6, 6.07) is 3.50. The molecule has 14 heavy (non-hydrogen) atoms. The minimum absolute atomic E-state index is 0.0626. The van der Waals surface area contributed by atoms with Gasteiger partial charge in [-0.3, -0.25) is 9.78 Å². The molecule has 1 unspecified atom stereocenters. The van der Waals surface area contributed by atoms with Crippen LogP contribution in [-0.4, -0.2) is 16.9 Å². The summed E-state index contributed by atoms with van der Waals surface area (Å²) in [6.45, 7) is 1.96. The molecule has 76 valence electrons.